The number of rotatable bonds is 5. The topological polar surface area (TPSA) is 63.8 Å². The van der Waals surface area contributed by atoms with Crippen molar-refractivity contribution in [3.05, 3.63) is 59.9 Å². The van der Waals surface area contributed by atoms with Crippen LogP contribution < -0.4 is 10.5 Å². The molecule has 4 rings (SSSR count). The van der Waals surface area contributed by atoms with Gasteiger partial charge in [0.25, 0.3) is 0 Å². The molecule has 2 aromatic heterocycles. The summed E-state index contributed by atoms with van der Waals surface area (Å²) >= 11 is 1.53. The summed E-state index contributed by atoms with van der Waals surface area (Å²) in [7, 11) is 0. The Hall–Kier alpha value is -2.53. The highest BCUT2D eigenvalue weighted by atomic mass is 32.2. The van der Waals surface area contributed by atoms with Crippen molar-refractivity contribution in [2.24, 2.45) is 0 Å². The molecule has 5 heteroatoms. The minimum atomic E-state index is 0.584. The quantitative estimate of drug-likeness (QED) is 0.478. The fourth-order valence-electron chi connectivity index (χ4n) is 3.14. The van der Waals surface area contributed by atoms with Gasteiger partial charge >= 0.3 is 0 Å². The number of nitrogens with one attached hydrogen (secondary N) is 1. The summed E-state index contributed by atoms with van der Waals surface area (Å²) < 4.78 is 3.19. The number of nitrogen functional groups attached to an aromatic ring is 1. The molecule has 0 atom stereocenters. The predicted molar refractivity (Wildman–Crippen MR) is 111 cm³/mol. The van der Waals surface area contributed by atoms with Gasteiger partial charge < -0.3 is 10.5 Å². The summed E-state index contributed by atoms with van der Waals surface area (Å²) in [6.45, 7) is 2.12. The van der Waals surface area contributed by atoms with Crippen LogP contribution in [0.15, 0.2) is 48.7 Å². The van der Waals surface area contributed by atoms with Crippen LogP contribution in [0.25, 0.3) is 22.4 Å². The van der Waals surface area contributed by atoms with Gasteiger partial charge in [-0.05, 0) is 72.9 Å². The molecule has 1 fully saturated rings. The summed E-state index contributed by atoms with van der Waals surface area (Å²) in [6.07, 6.45) is 6.26. The molecule has 4 nitrogen and oxygen atoms in total. The average molecular weight is 363 g/mol. The van der Waals surface area contributed by atoms with Crippen molar-refractivity contribution in [1.82, 2.24) is 9.97 Å². The van der Waals surface area contributed by atoms with Crippen LogP contribution in [-0.2, 0) is 0 Å². The fourth-order valence-corrected chi connectivity index (χ4v) is 3.47. The molecule has 26 heavy (non-hydrogen) atoms. The van der Waals surface area contributed by atoms with Crippen molar-refractivity contribution in [3.63, 3.8) is 0 Å². The Morgan fingerprint density at radius 1 is 1.08 bits per heavy atom. The normalized spacial score (nSPS) is 13.6. The zero-order valence-corrected chi connectivity index (χ0v) is 15.8. The van der Waals surface area contributed by atoms with E-state index in [1.807, 2.05) is 30.7 Å². The Bertz CT molecular complexity index is 950. The highest BCUT2D eigenvalue weighted by Gasteiger charge is 2.26. The highest BCUT2D eigenvalue weighted by Crippen LogP contribution is 2.41. The maximum absolute atomic E-state index is 6.04. The van der Waals surface area contributed by atoms with Crippen LogP contribution in [0.1, 0.15) is 30.0 Å². The van der Waals surface area contributed by atoms with E-state index in [2.05, 4.69) is 40.9 Å². The molecule has 1 saturated carbocycles. The molecule has 0 aliphatic heterocycles. The Morgan fingerprint density at radius 2 is 1.92 bits per heavy atom. The van der Waals surface area contributed by atoms with Crippen molar-refractivity contribution in [2.75, 3.05) is 16.7 Å². The number of hydrogen-bond donors (Lipinski definition) is 2. The van der Waals surface area contributed by atoms with Gasteiger partial charge in [0.05, 0.1) is 5.69 Å². The third-order valence-corrected chi connectivity index (χ3v) is 5.09. The molecule has 0 radical (unpaired) electrons. The first-order chi connectivity index (χ1) is 12.6. The molecular weight excluding hydrogens is 340 g/mol. The maximum Gasteiger partial charge on any atom is 0.136 e. The number of aryl methyl sites for hydroxylation is 1. The second-order valence-corrected chi connectivity index (χ2v) is 7.36. The van der Waals surface area contributed by atoms with Crippen LogP contribution in [-0.4, -0.2) is 16.2 Å². The number of aromatic nitrogens is 2. The molecule has 3 aromatic rings. The highest BCUT2D eigenvalue weighted by molar-refractivity contribution is 7.99. The Kier molecular flexibility index (Phi) is 4.55. The number of pyridine rings is 2. The second kappa shape index (κ2) is 7.00. The van der Waals surface area contributed by atoms with Gasteiger partial charge in [-0.1, -0.05) is 18.0 Å². The summed E-state index contributed by atoms with van der Waals surface area (Å²) in [5, 5.41) is 0. The van der Waals surface area contributed by atoms with Gasteiger partial charge in [-0.3, -0.25) is 4.98 Å². The molecular formula is C21H22N4S. The molecule has 1 aliphatic carbocycles. The van der Waals surface area contributed by atoms with Crippen LogP contribution in [0.2, 0.25) is 0 Å². The standard InChI is InChI=1S/C21H22N4S/c1-13-3-6-17(22)12-18(13)16-9-19(14-4-5-14)24-20(10-16)15-7-8-23-21(11-15)25-26-2/h3,6-12,14H,4-5,22H2,1-2H3,(H,23,25). The van der Waals surface area contributed by atoms with Crippen LogP contribution in [0, 0.1) is 6.92 Å². The fraction of sp³-hybridized carbons (Fsp3) is 0.238. The number of anilines is 2. The SMILES string of the molecule is CSNc1cc(-c2cc(-c3cc(N)ccc3C)cc(C3CC3)n2)ccn1. The van der Waals surface area contributed by atoms with Gasteiger partial charge in [0.1, 0.15) is 5.82 Å². The van der Waals surface area contributed by atoms with Crippen LogP contribution in [0.4, 0.5) is 11.5 Å². The van der Waals surface area contributed by atoms with Gasteiger partial charge in [0.15, 0.2) is 0 Å². The lowest BCUT2D eigenvalue weighted by atomic mass is 9.97. The Morgan fingerprint density at radius 3 is 2.69 bits per heavy atom. The van der Waals surface area contributed by atoms with E-state index in [1.54, 1.807) is 0 Å². The molecule has 1 aliphatic rings. The van der Waals surface area contributed by atoms with E-state index in [-0.39, 0.29) is 0 Å². The first-order valence-electron chi connectivity index (χ1n) is 8.78. The molecule has 0 unspecified atom stereocenters. The van der Waals surface area contributed by atoms with E-state index in [1.165, 1.54) is 47.2 Å². The zero-order chi connectivity index (χ0) is 18.1. The van der Waals surface area contributed by atoms with Crippen LogP contribution >= 0.6 is 11.9 Å². The number of benzene rings is 1. The first kappa shape index (κ1) is 16.9. The molecule has 2 heterocycles. The molecule has 0 amide bonds. The van der Waals surface area contributed by atoms with E-state index in [0.29, 0.717) is 5.92 Å². The van der Waals surface area contributed by atoms with Crippen molar-refractivity contribution >= 4 is 23.5 Å². The average Bonchev–Trinajstić information content (AvgIpc) is 3.49. The first-order valence-corrected chi connectivity index (χ1v) is 10.0. The van der Waals surface area contributed by atoms with E-state index in [9.17, 15) is 0 Å². The number of nitrogens with zero attached hydrogens (tertiary/aromatic N) is 2. The lowest BCUT2D eigenvalue weighted by Gasteiger charge is -2.12. The van der Waals surface area contributed by atoms with Crippen molar-refractivity contribution < 1.29 is 0 Å². The Balaban J connectivity index is 1.84. The lowest BCUT2D eigenvalue weighted by Crippen LogP contribution is -1.96. The minimum absolute atomic E-state index is 0.584. The molecule has 3 N–H and O–H groups in total. The van der Waals surface area contributed by atoms with Gasteiger partial charge in [0.2, 0.25) is 0 Å². The monoisotopic (exact) mass is 362 g/mol. The summed E-state index contributed by atoms with van der Waals surface area (Å²) in [5.74, 6) is 1.43. The van der Waals surface area contributed by atoms with Crippen LogP contribution in [0.3, 0.4) is 0 Å². The third-order valence-electron chi connectivity index (χ3n) is 4.68. The smallest absolute Gasteiger partial charge is 0.136 e. The number of hydrogen-bond acceptors (Lipinski definition) is 5. The van der Waals surface area contributed by atoms with Gasteiger partial charge in [0, 0.05) is 35.3 Å². The summed E-state index contributed by atoms with van der Waals surface area (Å²) in [4.78, 5) is 9.31. The lowest BCUT2D eigenvalue weighted by molar-refractivity contribution is 1.03. The van der Waals surface area contributed by atoms with Gasteiger partial charge in [-0.15, -0.1) is 0 Å². The number of nitrogens with two attached hydrogens (primary N) is 1. The minimum Gasteiger partial charge on any atom is -0.399 e. The molecule has 0 spiro atoms. The zero-order valence-electron chi connectivity index (χ0n) is 15.0. The van der Waals surface area contributed by atoms with E-state index in [0.717, 1.165) is 22.8 Å². The maximum atomic E-state index is 6.04. The predicted octanol–water partition coefficient (Wildman–Crippen LogP) is 5.27. The molecule has 132 valence electrons. The van der Waals surface area contributed by atoms with Crippen molar-refractivity contribution in [2.45, 2.75) is 25.7 Å². The van der Waals surface area contributed by atoms with Gasteiger partial charge in [-0.2, -0.15) is 0 Å². The van der Waals surface area contributed by atoms with E-state index < -0.39 is 0 Å². The molecule has 0 saturated heterocycles. The second-order valence-electron chi connectivity index (χ2n) is 6.75. The largest absolute Gasteiger partial charge is 0.399 e. The Labute approximate surface area is 158 Å². The summed E-state index contributed by atoms with van der Waals surface area (Å²) in [5.41, 5.74) is 13.6. The van der Waals surface area contributed by atoms with Crippen molar-refractivity contribution in [1.29, 1.82) is 0 Å². The summed E-state index contributed by atoms with van der Waals surface area (Å²) in [6, 6.07) is 14.5. The molecule has 1 aromatic carbocycles. The van der Waals surface area contributed by atoms with Gasteiger partial charge in [-0.25, -0.2) is 4.98 Å². The van der Waals surface area contributed by atoms with E-state index in [4.69, 9.17) is 10.7 Å². The molecule has 0 bridgehead atoms. The van der Waals surface area contributed by atoms with Crippen molar-refractivity contribution in [3.8, 4) is 22.4 Å². The van der Waals surface area contributed by atoms with Crippen LogP contribution in [0.5, 0.6) is 0 Å². The van der Waals surface area contributed by atoms with E-state index >= 15 is 0 Å². The third kappa shape index (κ3) is 3.53.